The predicted octanol–water partition coefficient (Wildman–Crippen LogP) is 5.13. The van der Waals surface area contributed by atoms with Crippen LogP contribution in [0.4, 0.5) is 0 Å². The zero-order valence-electron chi connectivity index (χ0n) is 9.70. The zero-order chi connectivity index (χ0) is 12.7. The molecular formula is C14H13Cl2NS. The molecule has 0 spiro atoms. The first-order chi connectivity index (χ1) is 8.65. The van der Waals surface area contributed by atoms with Crippen molar-refractivity contribution in [1.82, 2.24) is 0 Å². The molecule has 4 heteroatoms. The molecule has 0 aliphatic heterocycles. The number of hydrogen-bond donors (Lipinski definition) is 1. The van der Waals surface area contributed by atoms with Crippen LogP contribution in [0.25, 0.3) is 10.4 Å². The van der Waals surface area contributed by atoms with E-state index in [1.807, 2.05) is 18.2 Å². The van der Waals surface area contributed by atoms with Crippen LogP contribution in [0.5, 0.6) is 0 Å². The van der Waals surface area contributed by atoms with E-state index in [9.17, 15) is 0 Å². The minimum absolute atomic E-state index is 0.200. The fraction of sp³-hybridized carbons (Fsp3) is 0.286. The summed E-state index contributed by atoms with van der Waals surface area (Å²) < 4.78 is 0. The third-order valence-corrected chi connectivity index (χ3v) is 5.26. The molecule has 1 nitrogen and oxygen atoms in total. The van der Waals surface area contributed by atoms with E-state index in [2.05, 4.69) is 12.1 Å². The lowest BCUT2D eigenvalue weighted by molar-refractivity contribution is 0.645. The lowest BCUT2D eigenvalue weighted by Gasteiger charge is -2.06. The number of benzene rings is 1. The Kier molecular flexibility index (Phi) is 3.37. The highest BCUT2D eigenvalue weighted by molar-refractivity contribution is 7.15. The van der Waals surface area contributed by atoms with Crippen molar-refractivity contribution < 1.29 is 0 Å². The molecule has 94 valence electrons. The molecule has 1 saturated carbocycles. The normalized spacial score (nSPS) is 16.8. The molecule has 1 aliphatic carbocycles. The maximum Gasteiger partial charge on any atom is 0.0598 e. The van der Waals surface area contributed by atoms with Crippen LogP contribution in [0.2, 0.25) is 10.0 Å². The molecule has 0 amide bonds. The van der Waals surface area contributed by atoms with Gasteiger partial charge in [-0.05, 0) is 48.6 Å². The molecule has 0 bridgehead atoms. The first kappa shape index (κ1) is 12.5. The smallest absolute Gasteiger partial charge is 0.0598 e. The summed E-state index contributed by atoms with van der Waals surface area (Å²) in [5, 5.41) is 1.18. The summed E-state index contributed by atoms with van der Waals surface area (Å²) in [6, 6.07) is 10.2. The molecule has 0 saturated heterocycles. The molecule has 2 N–H and O–H groups in total. The topological polar surface area (TPSA) is 26.0 Å². The average molecular weight is 298 g/mol. The standard InChI is InChI=1S/C14H13Cl2NS/c15-10-4-3-9(7-11(10)16)12-5-6-13(18-12)14(17)8-1-2-8/h3-8,14H,1-2,17H2. The van der Waals surface area contributed by atoms with Gasteiger partial charge in [0.2, 0.25) is 0 Å². The van der Waals surface area contributed by atoms with Crippen molar-refractivity contribution in [2.24, 2.45) is 11.7 Å². The van der Waals surface area contributed by atoms with Gasteiger partial charge < -0.3 is 5.73 Å². The SMILES string of the molecule is NC(c1ccc(-c2ccc(Cl)c(Cl)c2)s1)C1CC1. The van der Waals surface area contributed by atoms with Gasteiger partial charge in [-0.3, -0.25) is 0 Å². The van der Waals surface area contributed by atoms with E-state index in [1.54, 1.807) is 11.3 Å². The second-order valence-electron chi connectivity index (χ2n) is 4.69. The van der Waals surface area contributed by atoms with Crippen molar-refractivity contribution in [2.75, 3.05) is 0 Å². The first-order valence-electron chi connectivity index (χ1n) is 5.96. The highest BCUT2D eigenvalue weighted by Gasteiger charge is 2.30. The fourth-order valence-corrected chi connectivity index (χ4v) is 3.42. The van der Waals surface area contributed by atoms with Crippen molar-refractivity contribution in [3.8, 4) is 10.4 Å². The third-order valence-electron chi connectivity index (χ3n) is 3.29. The Labute approximate surface area is 121 Å². The number of halogens is 2. The van der Waals surface area contributed by atoms with E-state index in [-0.39, 0.29) is 6.04 Å². The van der Waals surface area contributed by atoms with Gasteiger partial charge >= 0.3 is 0 Å². The van der Waals surface area contributed by atoms with E-state index in [1.165, 1.54) is 22.6 Å². The molecular weight excluding hydrogens is 285 g/mol. The Bertz CT molecular complexity index is 575. The van der Waals surface area contributed by atoms with Crippen LogP contribution in [-0.2, 0) is 0 Å². The number of hydrogen-bond acceptors (Lipinski definition) is 2. The van der Waals surface area contributed by atoms with E-state index in [0.717, 1.165) is 5.56 Å². The van der Waals surface area contributed by atoms with E-state index < -0.39 is 0 Å². The van der Waals surface area contributed by atoms with Gasteiger partial charge in [0.15, 0.2) is 0 Å². The molecule has 1 aromatic carbocycles. The molecule has 1 unspecified atom stereocenters. The van der Waals surface area contributed by atoms with Crippen molar-refractivity contribution in [3.63, 3.8) is 0 Å². The molecule has 1 heterocycles. The first-order valence-corrected chi connectivity index (χ1v) is 7.53. The van der Waals surface area contributed by atoms with Gasteiger partial charge in [0.25, 0.3) is 0 Å². The van der Waals surface area contributed by atoms with Gasteiger partial charge in [0.1, 0.15) is 0 Å². The maximum atomic E-state index is 6.21. The van der Waals surface area contributed by atoms with Gasteiger partial charge in [-0.15, -0.1) is 11.3 Å². The summed E-state index contributed by atoms with van der Waals surface area (Å²) in [4.78, 5) is 2.46. The average Bonchev–Trinajstić information content (AvgIpc) is 3.09. The van der Waals surface area contributed by atoms with Gasteiger partial charge in [-0.25, -0.2) is 0 Å². The molecule has 0 radical (unpaired) electrons. The van der Waals surface area contributed by atoms with Gasteiger partial charge in [0.05, 0.1) is 10.0 Å². The molecule has 1 fully saturated rings. The van der Waals surface area contributed by atoms with Crippen molar-refractivity contribution in [3.05, 3.63) is 45.3 Å². The minimum Gasteiger partial charge on any atom is -0.323 e. The van der Waals surface area contributed by atoms with E-state index >= 15 is 0 Å². The Morgan fingerprint density at radius 3 is 2.56 bits per heavy atom. The molecule has 3 rings (SSSR count). The maximum absolute atomic E-state index is 6.21. The number of rotatable bonds is 3. The predicted molar refractivity (Wildman–Crippen MR) is 79.4 cm³/mol. The van der Waals surface area contributed by atoms with Gasteiger partial charge in [-0.2, -0.15) is 0 Å². The Hall–Kier alpha value is -0.540. The monoisotopic (exact) mass is 297 g/mol. The summed E-state index contributed by atoms with van der Waals surface area (Å²) in [5.74, 6) is 0.685. The molecule has 18 heavy (non-hydrogen) atoms. The Morgan fingerprint density at radius 1 is 1.11 bits per heavy atom. The fourth-order valence-electron chi connectivity index (χ4n) is 2.02. The summed E-state index contributed by atoms with van der Waals surface area (Å²) in [6.07, 6.45) is 2.53. The quantitative estimate of drug-likeness (QED) is 0.835. The molecule has 1 atom stereocenters. The lowest BCUT2D eigenvalue weighted by Crippen LogP contribution is -2.10. The zero-order valence-corrected chi connectivity index (χ0v) is 12.0. The summed E-state index contributed by atoms with van der Waals surface area (Å²) in [6.45, 7) is 0. The third kappa shape index (κ3) is 2.43. The van der Waals surface area contributed by atoms with E-state index in [4.69, 9.17) is 28.9 Å². The van der Waals surface area contributed by atoms with E-state index in [0.29, 0.717) is 16.0 Å². The van der Waals surface area contributed by atoms with Crippen LogP contribution in [0.15, 0.2) is 30.3 Å². The van der Waals surface area contributed by atoms with Crippen LogP contribution in [0, 0.1) is 5.92 Å². The largest absolute Gasteiger partial charge is 0.323 e. The summed E-state index contributed by atoms with van der Waals surface area (Å²) >= 11 is 13.7. The Balaban J connectivity index is 1.89. The molecule has 2 aromatic rings. The highest BCUT2D eigenvalue weighted by Crippen LogP contribution is 2.43. The summed E-state index contributed by atoms with van der Waals surface area (Å²) in [5.41, 5.74) is 7.31. The van der Waals surface area contributed by atoms with Crippen molar-refractivity contribution in [1.29, 1.82) is 0 Å². The number of thiophene rings is 1. The minimum atomic E-state index is 0.200. The lowest BCUT2D eigenvalue weighted by atomic mass is 10.1. The van der Waals surface area contributed by atoms with Crippen LogP contribution in [0.3, 0.4) is 0 Å². The van der Waals surface area contributed by atoms with Crippen LogP contribution in [-0.4, -0.2) is 0 Å². The van der Waals surface area contributed by atoms with Crippen molar-refractivity contribution in [2.45, 2.75) is 18.9 Å². The molecule has 1 aromatic heterocycles. The molecule has 1 aliphatic rings. The van der Waals surface area contributed by atoms with Crippen LogP contribution < -0.4 is 5.73 Å². The van der Waals surface area contributed by atoms with Crippen LogP contribution >= 0.6 is 34.5 Å². The second kappa shape index (κ2) is 4.86. The second-order valence-corrected chi connectivity index (χ2v) is 6.62. The highest BCUT2D eigenvalue weighted by atomic mass is 35.5. The Morgan fingerprint density at radius 2 is 1.89 bits per heavy atom. The van der Waals surface area contributed by atoms with Gasteiger partial charge in [0, 0.05) is 15.8 Å². The van der Waals surface area contributed by atoms with Crippen molar-refractivity contribution >= 4 is 34.5 Å². The summed E-state index contributed by atoms with van der Waals surface area (Å²) in [7, 11) is 0. The van der Waals surface area contributed by atoms with Gasteiger partial charge in [-0.1, -0.05) is 29.3 Å². The number of nitrogens with two attached hydrogens (primary N) is 1. The van der Waals surface area contributed by atoms with Crippen LogP contribution in [0.1, 0.15) is 23.8 Å².